The lowest BCUT2D eigenvalue weighted by molar-refractivity contribution is 0.230. The lowest BCUT2D eigenvalue weighted by Crippen LogP contribution is -2.40. The molecule has 2 aromatic rings. The number of tetrazole rings is 1. The van der Waals surface area contributed by atoms with Crippen LogP contribution in [0.25, 0.3) is 0 Å². The molecule has 0 bridgehead atoms. The van der Waals surface area contributed by atoms with Gasteiger partial charge in [0.15, 0.2) is 5.82 Å². The van der Waals surface area contributed by atoms with Crippen molar-refractivity contribution in [2.24, 2.45) is 5.92 Å². The first-order valence-electron chi connectivity index (χ1n) is 9.32. The van der Waals surface area contributed by atoms with Gasteiger partial charge in [0.1, 0.15) is 0 Å². The number of rotatable bonds is 5. The molecule has 0 aliphatic heterocycles. The van der Waals surface area contributed by atoms with E-state index < -0.39 is 0 Å². The second-order valence-corrected chi connectivity index (χ2v) is 7.93. The Kier molecular flexibility index (Phi) is 5.54. The van der Waals surface area contributed by atoms with Crippen molar-refractivity contribution in [1.82, 2.24) is 30.8 Å². The zero-order valence-electron chi connectivity index (χ0n) is 15.8. The van der Waals surface area contributed by atoms with E-state index in [0.717, 1.165) is 18.4 Å². The van der Waals surface area contributed by atoms with Crippen LogP contribution in [0.2, 0.25) is 0 Å². The number of carbonyl (C=O) groups is 1. The summed E-state index contributed by atoms with van der Waals surface area (Å²) in [6.07, 6.45) is 4.77. The molecule has 3 rings (SSSR count). The quantitative estimate of drug-likeness (QED) is 0.862. The molecule has 140 valence electrons. The Bertz CT molecular complexity index is 715. The zero-order chi connectivity index (χ0) is 18.6. The molecule has 7 nitrogen and oxygen atoms in total. The lowest BCUT2D eigenvalue weighted by Gasteiger charge is -2.25. The third-order valence-corrected chi connectivity index (χ3v) is 4.78. The highest BCUT2D eigenvalue weighted by molar-refractivity contribution is 5.74. The lowest BCUT2D eigenvalue weighted by atomic mass is 9.92. The van der Waals surface area contributed by atoms with Gasteiger partial charge >= 0.3 is 6.03 Å². The topological polar surface area (TPSA) is 84.7 Å². The standard InChI is InChI=1S/C19H28N6O/c1-19(2,3)25-23-16(22-24-25)13-20-18(26)21-17(15-11-7-8-12-15)14-9-5-4-6-10-14/h4-6,9-10,15,17H,7-8,11-13H2,1-3H3,(H2,20,21,26). The van der Waals surface area contributed by atoms with Crippen molar-refractivity contribution in [3.8, 4) is 0 Å². The molecule has 1 unspecified atom stereocenters. The number of aromatic nitrogens is 4. The fourth-order valence-electron chi connectivity index (χ4n) is 3.37. The summed E-state index contributed by atoms with van der Waals surface area (Å²) in [7, 11) is 0. The molecule has 1 aliphatic rings. The maximum absolute atomic E-state index is 12.5. The van der Waals surface area contributed by atoms with Gasteiger partial charge < -0.3 is 10.6 Å². The van der Waals surface area contributed by atoms with Crippen LogP contribution in [0.4, 0.5) is 4.79 Å². The first-order chi connectivity index (χ1) is 12.4. The number of hydrogen-bond acceptors (Lipinski definition) is 4. The summed E-state index contributed by atoms with van der Waals surface area (Å²) >= 11 is 0. The summed E-state index contributed by atoms with van der Waals surface area (Å²) in [6.45, 7) is 6.27. The van der Waals surface area contributed by atoms with Crippen LogP contribution in [0.1, 0.15) is 63.9 Å². The largest absolute Gasteiger partial charge is 0.331 e. The molecule has 2 N–H and O–H groups in total. The van der Waals surface area contributed by atoms with Crippen LogP contribution in [-0.2, 0) is 12.1 Å². The molecule has 1 heterocycles. The number of carbonyl (C=O) groups excluding carboxylic acids is 1. The highest BCUT2D eigenvalue weighted by atomic mass is 16.2. The van der Waals surface area contributed by atoms with Crippen LogP contribution in [-0.4, -0.2) is 26.2 Å². The van der Waals surface area contributed by atoms with Crippen LogP contribution in [0.3, 0.4) is 0 Å². The molecule has 1 saturated carbocycles. The maximum atomic E-state index is 12.5. The van der Waals surface area contributed by atoms with Gasteiger partial charge in [0.25, 0.3) is 0 Å². The van der Waals surface area contributed by atoms with Crippen molar-refractivity contribution in [3.05, 3.63) is 41.7 Å². The molecule has 1 aliphatic carbocycles. The molecule has 1 fully saturated rings. The first kappa shape index (κ1) is 18.4. The highest BCUT2D eigenvalue weighted by Gasteiger charge is 2.27. The average Bonchev–Trinajstić information content (AvgIpc) is 3.30. The second kappa shape index (κ2) is 7.85. The Balaban J connectivity index is 1.60. The van der Waals surface area contributed by atoms with Crippen molar-refractivity contribution in [1.29, 1.82) is 0 Å². The average molecular weight is 356 g/mol. The molecule has 1 aromatic heterocycles. The van der Waals surface area contributed by atoms with Gasteiger partial charge in [-0.15, -0.1) is 10.2 Å². The Hall–Kier alpha value is -2.44. The monoisotopic (exact) mass is 356 g/mol. The summed E-state index contributed by atoms with van der Waals surface area (Å²) in [4.78, 5) is 14.0. The van der Waals surface area contributed by atoms with Crippen molar-refractivity contribution >= 4 is 6.03 Å². The van der Waals surface area contributed by atoms with E-state index in [1.165, 1.54) is 12.8 Å². The number of hydrogen-bond donors (Lipinski definition) is 2. The second-order valence-electron chi connectivity index (χ2n) is 7.93. The molecule has 7 heteroatoms. The van der Waals surface area contributed by atoms with Gasteiger partial charge in [-0.05, 0) is 50.3 Å². The van der Waals surface area contributed by atoms with E-state index in [4.69, 9.17) is 0 Å². The Morgan fingerprint density at radius 1 is 1.23 bits per heavy atom. The summed E-state index contributed by atoms with van der Waals surface area (Å²) in [5, 5.41) is 18.4. The molecule has 1 atom stereocenters. The van der Waals surface area contributed by atoms with Crippen molar-refractivity contribution in [3.63, 3.8) is 0 Å². The fourth-order valence-corrected chi connectivity index (χ4v) is 3.37. The normalized spacial score (nSPS) is 16.4. The molecule has 26 heavy (non-hydrogen) atoms. The SMILES string of the molecule is CC(C)(C)n1nnc(CNC(=O)NC(c2ccccc2)C2CCCC2)n1. The van der Waals surface area contributed by atoms with Gasteiger partial charge in [-0.2, -0.15) is 4.80 Å². The Morgan fingerprint density at radius 2 is 1.92 bits per heavy atom. The molecular formula is C19H28N6O. The summed E-state index contributed by atoms with van der Waals surface area (Å²) in [5.41, 5.74) is 0.931. The number of benzene rings is 1. The fraction of sp³-hybridized carbons (Fsp3) is 0.579. The van der Waals surface area contributed by atoms with Gasteiger partial charge in [0.2, 0.25) is 0 Å². The van der Waals surface area contributed by atoms with E-state index in [0.29, 0.717) is 11.7 Å². The van der Waals surface area contributed by atoms with Gasteiger partial charge in [-0.1, -0.05) is 43.2 Å². The molecular weight excluding hydrogens is 328 g/mol. The number of nitrogens with zero attached hydrogens (tertiary/aromatic N) is 4. The maximum Gasteiger partial charge on any atom is 0.315 e. The van der Waals surface area contributed by atoms with E-state index >= 15 is 0 Å². The predicted octanol–water partition coefficient (Wildman–Crippen LogP) is 3.16. The van der Waals surface area contributed by atoms with Gasteiger partial charge in [0, 0.05) is 0 Å². The minimum atomic E-state index is -0.228. The predicted molar refractivity (Wildman–Crippen MR) is 99.3 cm³/mol. The third-order valence-electron chi connectivity index (χ3n) is 4.78. The third kappa shape index (κ3) is 4.59. The van der Waals surface area contributed by atoms with E-state index in [2.05, 4.69) is 38.2 Å². The zero-order valence-corrected chi connectivity index (χ0v) is 15.8. The van der Waals surface area contributed by atoms with Crippen molar-refractivity contribution in [2.75, 3.05) is 0 Å². The van der Waals surface area contributed by atoms with Crippen LogP contribution < -0.4 is 10.6 Å². The summed E-state index contributed by atoms with van der Waals surface area (Å²) in [6, 6.07) is 10.0. The molecule has 0 saturated heterocycles. The van der Waals surface area contributed by atoms with Gasteiger partial charge in [-0.25, -0.2) is 4.79 Å². The van der Waals surface area contributed by atoms with Crippen molar-refractivity contribution < 1.29 is 4.79 Å². The molecule has 1 aromatic carbocycles. The van der Waals surface area contributed by atoms with Crippen LogP contribution >= 0.6 is 0 Å². The van der Waals surface area contributed by atoms with Crippen LogP contribution in [0.5, 0.6) is 0 Å². The number of nitrogens with one attached hydrogen (secondary N) is 2. The van der Waals surface area contributed by atoms with E-state index in [9.17, 15) is 4.79 Å². The summed E-state index contributed by atoms with van der Waals surface area (Å²) in [5.74, 6) is 0.996. The molecule has 0 spiro atoms. The molecule has 0 radical (unpaired) electrons. The van der Waals surface area contributed by atoms with Gasteiger partial charge in [0.05, 0.1) is 18.1 Å². The first-order valence-corrected chi connectivity index (χ1v) is 9.32. The highest BCUT2D eigenvalue weighted by Crippen LogP contribution is 2.35. The van der Waals surface area contributed by atoms with Gasteiger partial charge in [-0.3, -0.25) is 0 Å². The van der Waals surface area contributed by atoms with Crippen molar-refractivity contribution in [2.45, 2.75) is 64.6 Å². The number of urea groups is 1. The number of amides is 2. The van der Waals surface area contributed by atoms with Crippen LogP contribution in [0, 0.1) is 5.92 Å². The smallest absolute Gasteiger partial charge is 0.315 e. The Morgan fingerprint density at radius 3 is 2.54 bits per heavy atom. The van der Waals surface area contributed by atoms with E-state index in [-0.39, 0.29) is 24.2 Å². The minimum Gasteiger partial charge on any atom is -0.331 e. The minimum absolute atomic E-state index is 0.0388. The summed E-state index contributed by atoms with van der Waals surface area (Å²) < 4.78 is 0. The van der Waals surface area contributed by atoms with E-state index in [1.807, 2.05) is 39.0 Å². The Labute approximate surface area is 154 Å². The van der Waals surface area contributed by atoms with E-state index in [1.54, 1.807) is 4.80 Å². The molecule has 2 amide bonds. The van der Waals surface area contributed by atoms with Crippen LogP contribution in [0.15, 0.2) is 30.3 Å².